The first kappa shape index (κ1) is 14.4. The molecule has 0 unspecified atom stereocenters. The van der Waals surface area contributed by atoms with E-state index >= 15 is 0 Å². The molecule has 5 nitrogen and oxygen atoms in total. The molecule has 1 N–H and O–H groups in total. The van der Waals surface area contributed by atoms with Crippen LogP contribution in [0.25, 0.3) is 0 Å². The van der Waals surface area contributed by atoms with Gasteiger partial charge in [0.1, 0.15) is 10.7 Å². The van der Waals surface area contributed by atoms with Gasteiger partial charge in [0.05, 0.1) is 7.11 Å². The first-order valence-corrected chi connectivity index (χ1v) is 7.25. The predicted molar refractivity (Wildman–Crippen MR) is 71.2 cm³/mol. The fraction of sp³-hybridized carbons (Fsp3) is 0.154. The lowest BCUT2D eigenvalue weighted by Crippen LogP contribution is -2.24. The molecule has 0 bridgehead atoms. The molecular formula is C13H13FN2O3S. The minimum Gasteiger partial charge on any atom is -0.481 e. The maximum atomic E-state index is 13.5. The number of pyridine rings is 1. The number of hydrogen-bond acceptors (Lipinski definition) is 4. The van der Waals surface area contributed by atoms with E-state index in [1.54, 1.807) is 12.1 Å². The lowest BCUT2D eigenvalue weighted by molar-refractivity contribution is 0.392. The highest BCUT2D eigenvalue weighted by molar-refractivity contribution is 7.89. The van der Waals surface area contributed by atoms with Gasteiger partial charge in [-0.2, -0.15) is 0 Å². The molecule has 0 atom stereocenters. The van der Waals surface area contributed by atoms with Crippen LogP contribution >= 0.6 is 0 Å². The van der Waals surface area contributed by atoms with Crippen LogP contribution in [-0.4, -0.2) is 20.5 Å². The van der Waals surface area contributed by atoms with Crippen molar-refractivity contribution in [2.45, 2.75) is 11.4 Å². The predicted octanol–water partition coefficient (Wildman–Crippen LogP) is 1.71. The number of halogens is 1. The Bertz CT molecular complexity index is 704. The number of hydrogen-bond donors (Lipinski definition) is 1. The highest BCUT2D eigenvalue weighted by Crippen LogP contribution is 2.16. The van der Waals surface area contributed by atoms with Crippen molar-refractivity contribution < 1.29 is 17.5 Å². The molecular weight excluding hydrogens is 283 g/mol. The zero-order valence-electron chi connectivity index (χ0n) is 10.7. The third-order valence-electron chi connectivity index (χ3n) is 2.62. The van der Waals surface area contributed by atoms with Crippen molar-refractivity contribution in [3.63, 3.8) is 0 Å². The van der Waals surface area contributed by atoms with Crippen LogP contribution in [0, 0.1) is 5.82 Å². The number of rotatable bonds is 5. The quantitative estimate of drug-likeness (QED) is 0.912. The molecule has 0 amide bonds. The summed E-state index contributed by atoms with van der Waals surface area (Å²) in [4.78, 5) is 3.57. The van der Waals surface area contributed by atoms with Gasteiger partial charge in [0.15, 0.2) is 0 Å². The Hall–Kier alpha value is -1.99. The summed E-state index contributed by atoms with van der Waals surface area (Å²) < 4.78 is 44.9. The summed E-state index contributed by atoms with van der Waals surface area (Å²) in [7, 11) is -2.48. The summed E-state index contributed by atoms with van der Waals surface area (Å²) in [6.45, 7) is -0.0340. The summed E-state index contributed by atoms with van der Waals surface area (Å²) in [5, 5.41) is 0. The molecule has 0 aliphatic carbocycles. The van der Waals surface area contributed by atoms with Crippen LogP contribution in [0.3, 0.4) is 0 Å². The van der Waals surface area contributed by atoms with E-state index in [0.29, 0.717) is 11.4 Å². The van der Waals surface area contributed by atoms with Gasteiger partial charge in [-0.05, 0) is 18.2 Å². The zero-order chi connectivity index (χ0) is 14.6. The Balaban J connectivity index is 2.20. The monoisotopic (exact) mass is 296 g/mol. The lowest BCUT2D eigenvalue weighted by Gasteiger charge is -2.09. The van der Waals surface area contributed by atoms with Gasteiger partial charge in [-0.1, -0.05) is 18.2 Å². The molecule has 106 valence electrons. The molecule has 0 fully saturated rings. The van der Waals surface area contributed by atoms with Crippen molar-refractivity contribution in [2.75, 3.05) is 7.11 Å². The van der Waals surface area contributed by atoms with E-state index in [9.17, 15) is 12.8 Å². The Morgan fingerprint density at radius 2 is 2.00 bits per heavy atom. The molecule has 0 aliphatic heterocycles. The Kier molecular flexibility index (Phi) is 4.31. The number of nitrogens with one attached hydrogen (secondary N) is 1. The van der Waals surface area contributed by atoms with Gasteiger partial charge < -0.3 is 4.74 Å². The van der Waals surface area contributed by atoms with Crippen molar-refractivity contribution >= 4 is 10.0 Å². The molecule has 1 aromatic heterocycles. The maximum Gasteiger partial charge on any atom is 0.243 e. The van der Waals surface area contributed by atoms with Crippen molar-refractivity contribution in [1.29, 1.82) is 0 Å². The Labute approximate surface area is 116 Å². The van der Waals surface area contributed by atoms with Crippen LogP contribution in [-0.2, 0) is 16.6 Å². The summed E-state index contributed by atoms with van der Waals surface area (Å²) in [6.07, 6.45) is 1.54. The molecule has 1 aromatic carbocycles. The third kappa shape index (κ3) is 3.12. The molecule has 7 heteroatoms. The first-order chi connectivity index (χ1) is 9.54. The Morgan fingerprint density at radius 1 is 1.25 bits per heavy atom. The molecule has 2 aromatic rings. The highest BCUT2D eigenvalue weighted by Gasteiger charge is 2.18. The highest BCUT2D eigenvalue weighted by atomic mass is 32.2. The van der Waals surface area contributed by atoms with Crippen LogP contribution < -0.4 is 9.46 Å². The lowest BCUT2D eigenvalue weighted by atomic mass is 10.3. The van der Waals surface area contributed by atoms with Crippen LogP contribution in [0.5, 0.6) is 5.88 Å². The third-order valence-corrected chi connectivity index (χ3v) is 4.06. The number of methoxy groups -OCH3 is 1. The molecule has 1 heterocycles. The molecule has 0 saturated carbocycles. The summed E-state index contributed by atoms with van der Waals surface area (Å²) in [5.41, 5.74) is 0.565. The van der Waals surface area contributed by atoms with Crippen LogP contribution in [0.1, 0.15) is 5.56 Å². The van der Waals surface area contributed by atoms with Gasteiger partial charge in [0, 0.05) is 18.3 Å². The average molecular weight is 296 g/mol. The van der Waals surface area contributed by atoms with Crippen molar-refractivity contribution in [1.82, 2.24) is 9.71 Å². The molecule has 0 radical (unpaired) electrons. The fourth-order valence-corrected chi connectivity index (χ4v) is 2.74. The SMILES string of the molecule is COc1ncccc1CNS(=O)(=O)c1ccccc1F. The molecule has 20 heavy (non-hydrogen) atoms. The van der Waals surface area contributed by atoms with Crippen molar-refractivity contribution in [3.05, 3.63) is 54.0 Å². The average Bonchev–Trinajstić information content (AvgIpc) is 2.46. The molecule has 0 saturated heterocycles. The smallest absolute Gasteiger partial charge is 0.243 e. The van der Waals surface area contributed by atoms with E-state index in [2.05, 4.69) is 9.71 Å². The second kappa shape index (κ2) is 5.98. The van der Waals surface area contributed by atoms with E-state index in [4.69, 9.17) is 4.74 Å². The number of nitrogens with zero attached hydrogens (tertiary/aromatic N) is 1. The van der Waals surface area contributed by atoms with E-state index in [-0.39, 0.29) is 11.4 Å². The molecule has 2 rings (SSSR count). The number of sulfonamides is 1. The van der Waals surface area contributed by atoms with Gasteiger partial charge >= 0.3 is 0 Å². The standard InChI is InChI=1S/C13H13FN2O3S/c1-19-13-10(5-4-8-15-13)9-16-20(17,18)12-7-3-2-6-11(12)14/h2-8,16H,9H2,1H3. The van der Waals surface area contributed by atoms with E-state index < -0.39 is 15.8 Å². The Morgan fingerprint density at radius 3 is 2.70 bits per heavy atom. The van der Waals surface area contributed by atoms with Gasteiger partial charge in [-0.15, -0.1) is 0 Å². The van der Waals surface area contributed by atoms with Crippen LogP contribution in [0.2, 0.25) is 0 Å². The van der Waals surface area contributed by atoms with E-state index in [1.165, 1.54) is 31.5 Å². The molecule has 0 aliphatic rings. The normalized spacial score (nSPS) is 11.3. The summed E-state index contributed by atoms with van der Waals surface area (Å²) in [6, 6.07) is 8.53. The number of ether oxygens (including phenoxy) is 1. The molecule has 0 spiro atoms. The first-order valence-electron chi connectivity index (χ1n) is 5.76. The number of aromatic nitrogens is 1. The maximum absolute atomic E-state index is 13.5. The zero-order valence-corrected chi connectivity index (χ0v) is 11.5. The minimum absolute atomic E-state index is 0.0340. The van der Waals surface area contributed by atoms with Crippen molar-refractivity contribution in [2.24, 2.45) is 0 Å². The van der Waals surface area contributed by atoms with Crippen LogP contribution in [0.4, 0.5) is 4.39 Å². The van der Waals surface area contributed by atoms with Crippen molar-refractivity contribution in [3.8, 4) is 5.88 Å². The number of benzene rings is 1. The van der Waals surface area contributed by atoms with Gasteiger partial charge in [0.2, 0.25) is 15.9 Å². The topological polar surface area (TPSA) is 68.3 Å². The summed E-state index contributed by atoms with van der Waals surface area (Å²) >= 11 is 0. The van der Waals surface area contributed by atoms with Gasteiger partial charge in [0.25, 0.3) is 0 Å². The van der Waals surface area contributed by atoms with Gasteiger partial charge in [-0.3, -0.25) is 0 Å². The van der Waals surface area contributed by atoms with E-state index in [0.717, 1.165) is 6.07 Å². The van der Waals surface area contributed by atoms with E-state index in [1.807, 2.05) is 0 Å². The fourth-order valence-electron chi connectivity index (χ4n) is 1.66. The van der Waals surface area contributed by atoms with Gasteiger partial charge in [-0.25, -0.2) is 22.5 Å². The van der Waals surface area contributed by atoms with Crippen LogP contribution in [0.15, 0.2) is 47.5 Å². The second-order valence-electron chi connectivity index (χ2n) is 3.93. The minimum atomic E-state index is -3.92. The summed E-state index contributed by atoms with van der Waals surface area (Å²) in [5.74, 6) is -0.470. The second-order valence-corrected chi connectivity index (χ2v) is 5.66. The largest absolute Gasteiger partial charge is 0.481 e.